The number of carbonyl (C=O) groups excluding carboxylic acids is 1. The first-order chi connectivity index (χ1) is 20.7. The molecular weight excluding hydrogens is 542 g/mol. The zero-order chi connectivity index (χ0) is 30.2. The predicted molar refractivity (Wildman–Crippen MR) is 166 cm³/mol. The van der Waals surface area contributed by atoms with Gasteiger partial charge < -0.3 is 29.6 Å². The topological polar surface area (TPSA) is 112 Å². The van der Waals surface area contributed by atoms with Crippen molar-refractivity contribution in [1.82, 2.24) is 29.3 Å². The highest BCUT2D eigenvalue weighted by atomic mass is 16.5. The number of nitrogens with zero attached hydrogens (tertiary/aromatic N) is 6. The molecule has 1 unspecified atom stereocenters. The number of likely N-dealkylation sites (tertiary alicyclic amines) is 1. The molecule has 10 heteroatoms. The van der Waals surface area contributed by atoms with Crippen molar-refractivity contribution in [2.75, 3.05) is 46.6 Å². The second-order valence-electron chi connectivity index (χ2n) is 11.4. The van der Waals surface area contributed by atoms with Crippen LogP contribution in [0.15, 0.2) is 54.9 Å². The van der Waals surface area contributed by atoms with Crippen LogP contribution in [-0.4, -0.2) is 76.1 Å². The third-order valence-corrected chi connectivity index (χ3v) is 8.12. The zero-order valence-corrected chi connectivity index (χ0v) is 25.0. The number of hydrogen-bond acceptors (Lipinski definition) is 8. The van der Waals surface area contributed by atoms with E-state index in [9.17, 15) is 4.79 Å². The summed E-state index contributed by atoms with van der Waals surface area (Å²) in [4.78, 5) is 29.8. The summed E-state index contributed by atoms with van der Waals surface area (Å²) in [5, 5.41) is 0.721. The summed E-state index contributed by atoms with van der Waals surface area (Å²) in [5.74, 6) is 10.1. The zero-order valence-electron chi connectivity index (χ0n) is 25.0. The Morgan fingerprint density at radius 2 is 1.98 bits per heavy atom. The van der Waals surface area contributed by atoms with Gasteiger partial charge in [0, 0.05) is 67.6 Å². The van der Waals surface area contributed by atoms with Gasteiger partial charge in [0.05, 0.1) is 12.5 Å². The number of pyridine rings is 1. The Morgan fingerprint density at radius 1 is 1.19 bits per heavy atom. The molecule has 3 atom stereocenters. The van der Waals surface area contributed by atoms with Crippen LogP contribution in [0.25, 0.3) is 22.2 Å². The highest BCUT2D eigenvalue weighted by Gasteiger charge is 2.55. The first-order valence-corrected chi connectivity index (χ1v) is 14.3. The maximum atomic E-state index is 12.6. The Bertz CT molecular complexity index is 1790. The maximum absolute atomic E-state index is 12.6. The number of rotatable bonds is 7. The van der Waals surface area contributed by atoms with Gasteiger partial charge in [-0.2, -0.15) is 0 Å². The summed E-state index contributed by atoms with van der Waals surface area (Å²) < 4.78 is 13.8. The molecule has 4 heterocycles. The lowest BCUT2D eigenvalue weighted by Gasteiger charge is -2.17. The van der Waals surface area contributed by atoms with E-state index in [0.717, 1.165) is 47.5 Å². The molecule has 0 spiro atoms. The van der Waals surface area contributed by atoms with Gasteiger partial charge in [0.1, 0.15) is 35.0 Å². The molecule has 1 aromatic carbocycles. The SMILES string of the molecule is COc1cc(Oc2cccc(C)n2)ccc1-c1c(C#CC2[C@H]3CN(C(=O)/C=C/CN(C)C)C[C@@H]23)n(C)c2ncnc(N)c12. The number of anilines is 1. The molecule has 3 aromatic heterocycles. The summed E-state index contributed by atoms with van der Waals surface area (Å²) in [5.41, 5.74) is 10.4. The maximum Gasteiger partial charge on any atom is 0.246 e. The molecule has 43 heavy (non-hydrogen) atoms. The van der Waals surface area contributed by atoms with E-state index in [1.807, 2.05) is 84.9 Å². The molecule has 0 bridgehead atoms. The van der Waals surface area contributed by atoms with Gasteiger partial charge in [0.15, 0.2) is 0 Å². The van der Waals surface area contributed by atoms with Gasteiger partial charge in [-0.15, -0.1) is 0 Å². The third-order valence-electron chi connectivity index (χ3n) is 8.12. The van der Waals surface area contributed by atoms with Crippen LogP contribution in [0, 0.1) is 36.5 Å². The molecule has 1 saturated heterocycles. The molecule has 6 rings (SSSR count). The number of piperidine rings is 1. The second-order valence-corrected chi connectivity index (χ2v) is 11.4. The van der Waals surface area contributed by atoms with Gasteiger partial charge in [-0.3, -0.25) is 4.79 Å². The van der Waals surface area contributed by atoms with Crippen LogP contribution in [-0.2, 0) is 11.8 Å². The predicted octanol–water partition coefficient (Wildman–Crippen LogP) is 3.90. The van der Waals surface area contributed by atoms with E-state index >= 15 is 0 Å². The van der Waals surface area contributed by atoms with Crippen molar-refractivity contribution in [3.63, 3.8) is 0 Å². The van der Waals surface area contributed by atoms with Crippen molar-refractivity contribution in [1.29, 1.82) is 0 Å². The highest BCUT2D eigenvalue weighted by molar-refractivity contribution is 6.04. The van der Waals surface area contributed by atoms with Crippen molar-refractivity contribution in [2.45, 2.75) is 6.92 Å². The van der Waals surface area contributed by atoms with Crippen LogP contribution in [0.4, 0.5) is 5.82 Å². The fraction of sp³-hybridized carbons (Fsp3) is 0.333. The molecule has 10 nitrogen and oxygen atoms in total. The summed E-state index contributed by atoms with van der Waals surface area (Å²) in [6, 6.07) is 11.3. The molecule has 2 aliphatic rings. The average Bonchev–Trinajstić information content (AvgIpc) is 3.28. The minimum atomic E-state index is 0.0727. The fourth-order valence-electron chi connectivity index (χ4n) is 5.86. The third kappa shape index (κ3) is 5.51. The minimum absolute atomic E-state index is 0.0727. The van der Waals surface area contributed by atoms with Crippen LogP contribution in [0.1, 0.15) is 11.4 Å². The Hall–Kier alpha value is -4.88. The number of carbonyl (C=O) groups is 1. The van der Waals surface area contributed by atoms with Crippen molar-refractivity contribution in [3.8, 4) is 40.3 Å². The molecule has 220 valence electrons. The van der Waals surface area contributed by atoms with Gasteiger partial charge in [-0.25, -0.2) is 15.0 Å². The number of benzene rings is 1. The number of hydrogen-bond donors (Lipinski definition) is 1. The summed E-state index contributed by atoms with van der Waals surface area (Å²) in [6.07, 6.45) is 5.05. The van der Waals surface area contributed by atoms with Crippen LogP contribution in [0.3, 0.4) is 0 Å². The molecule has 0 radical (unpaired) electrons. The number of likely N-dealkylation sites (N-methyl/N-ethyl adjacent to an activating group) is 1. The molecule has 4 aromatic rings. The largest absolute Gasteiger partial charge is 0.496 e. The van der Waals surface area contributed by atoms with E-state index in [4.69, 9.17) is 15.2 Å². The van der Waals surface area contributed by atoms with Crippen LogP contribution >= 0.6 is 0 Å². The fourth-order valence-corrected chi connectivity index (χ4v) is 5.86. The van der Waals surface area contributed by atoms with Crippen LogP contribution in [0.5, 0.6) is 17.4 Å². The quantitative estimate of drug-likeness (QED) is 0.260. The lowest BCUT2D eigenvalue weighted by Crippen LogP contribution is -2.30. The van der Waals surface area contributed by atoms with Gasteiger partial charge in [-0.1, -0.05) is 18.1 Å². The van der Waals surface area contributed by atoms with E-state index in [1.165, 1.54) is 6.33 Å². The Morgan fingerprint density at radius 3 is 2.70 bits per heavy atom. The number of aromatic nitrogens is 4. The Kier molecular flexibility index (Phi) is 7.50. The van der Waals surface area contributed by atoms with E-state index in [-0.39, 0.29) is 11.8 Å². The van der Waals surface area contributed by atoms with Crippen LogP contribution < -0.4 is 15.2 Å². The standard InChI is InChI=1S/C33H35N7O3/c1-20-8-6-9-28(37-20)43-21-11-12-23(27(16-21)42-5)30-26(39(4)33-31(30)32(34)35-19-36-33)14-13-22-24-17-40(18-25(22)24)29(41)10-7-15-38(2)3/h6-12,16,19,22,24-25H,15,17-18H2,1-5H3,(H2,34,35,36)/b10-7+/t22?,24-,25+. The normalized spacial score (nSPS) is 19.0. The molecule has 1 saturated carbocycles. The van der Waals surface area contributed by atoms with Crippen molar-refractivity contribution < 1.29 is 14.3 Å². The smallest absolute Gasteiger partial charge is 0.246 e. The summed E-state index contributed by atoms with van der Waals surface area (Å²) in [6.45, 7) is 4.13. The average molecular weight is 578 g/mol. The Balaban J connectivity index is 1.30. The molecule has 1 aliphatic heterocycles. The lowest BCUT2D eigenvalue weighted by atomic mass is 10.0. The molecule has 1 aliphatic carbocycles. The molecular formula is C33H35N7O3. The number of nitrogens with two attached hydrogens (primary N) is 1. The van der Waals surface area contributed by atoms with E-state index in [2.05, 4.69) is 26.8 Å². The van der Waals surface area contributed by atoms with Crippen molar-refractivity contribution >= 4 is 22.8 Å². The highest BCUT2D eigenvalue weighted by Crippen LogP contribution is 2.51. The number of nitrogen functional groups attached to an aromatic ring is 1. The first kappa shape index (κ1) is 28.2. The van der Waals surface area contributed by atoms with Gasteiger partial charge >= 0.3 is 0 Å². The van der Waals surface area contributed by atoms with Crippen molar-refractivity contribution in [2.24, 2.45) is 24.8 Å². The number of ether oxygens (including phenoxy) is 2. The number of methoxy groups -OCH3 is 1. The monoisotopic (exact) mass is 577 g/mol. The minimum Gasteiger partial charge on any atom is -0.496 e. The van der Waals surface area contributed by atoms with E-state index < -0.39 is 0 Å². The van der Waals surface area contributed by atoms with Gasteiger partial charge in [0.25, 0.3) is 0 Å². The Labute approximate surface area is 251 Å². The van der Waals surface area contributed by atoms with Crippen molar-refractivity contribution in [3.05, 3.63) is 66.3 Å². The molecule has 1 amide bonds. The van der Waals surface area contributed by atoms with E-state index in [0.29, 0.717) is 40.7 Å². The molecule has 2 N–H and O–H groups in total. The van der Waals surface area contributed by atoms with E-state index in [1.54, 1.807) is 13.2 Å². The number of amides is 1. The molecule has 2 fully saturated rings. The summed E-state index contributed by atoms with van der Waals surface area (Å²) >= 11 is 0. The second kappa shape index (κ2) is 11.4. The van der Waals surface area contributed by atoms with Crippen LogP contribution in [0.2, 0.25) is 0 Å². The van der Waals surface area contributed by atoms with Gasteiger partial charge in [0.2, 0.25) is 11.8 Å². The lowest BCUT2D eigenvalue weighted by molar-refractivity contribution is -0.125. The number of fused-ring (bicyclic) bond motifs is 2. The van der Waals surface area contributed by atoms with Gasteiger partial charge in [-0.05, 0) is 57.0 Å². The first-order valence-electron chi connectivity index (χ1n) is 14.3. The number of aryl methyl sites for hydroxylation is 2. The summed E-state index contributed by atoms with van der Waals surface area (Å²) in [7, 11) is 7.52.